The van der Waals surface area contributed by atoms with E-state index < -0.39 is 0 Å². The molecule has 0 radical (unpaired) electrons. The third-order valence-electron chi connectivity index (χ3n) is 3.64. The first-order valence-corrected chi connectivity index (χ1v) is 7.26. The summed E-state index contributed by atoms with van der Waals surface area (Å²) < 4.78 is 0. The van der Waals surface area contributed by atoms with Crippen molar-refractivity contribution in [3.8, 4) is 6.07 Å². The molecule has 1 aromatic carbocycles. The number of piperazine rings is 1. The van der Waals surface area contributed by atoms with E-state index in [9.17, 15) is 10.1 Å². The van der Waals surface area contributed by atoms with Gasteiger partial charge in [-0.2, -0.15) is 5.26 Å². The molecule has 1 unspecified atom stereocenters. The van der Waals surface area contributed by atoms with Crippen LogP contribution in [0, 0.1) is 11.3 Å². The number of halogens is 1. The third kappa shape index (κ3) is 3.66. The van der Waals surface area contributed by atoms with E-state index in [-0.39, 0.29) is 12.1 Å². The first-order valence-electron chi connectivity index (χ1n) is 6.88. The van der Waals surface area contributed by atoms with Crippen LogP contribution in [-0.4, -0.2) is 61.0 Å². The van der Waals surface area contributed by atoms with Crippen molar-refractivity contribution < 1.29 is 4.79 Å². The second-order valence-electron chi connectivity index (χ2n) is 5.28. The molecule has 0 bridgehead atoms. The van der Waals surface area contributed by atoms with E-state index in [2.05, 4.69) is 11.0 Å². The minimum Gasteiger partial charge on any atom is -0.331 e. The highest BCUT2D eigenvalue weighted by Gasteiger charge is 2.27. The standard InChI is InChI=1S/C15H19ClN4O/c1-18(2)15(21)20-9-7-19(8-10-20)14(11-17)12-3-5-13(16)6-4-12/h3-6,14H,7-10H2,1-2H3. The van der Waals surface area contributed by atoms with Gasteiger partial charge in [-0.1, -0.05) is 23.7 Å². The molecule has 1 fully saturated rings. The molecule has 0 aliphatic carbocycles. The highest BCUT2D eigenvalue weighted by atomic mass is 35.5. The monoisotopic (exact) mass is 306 g/mol. The van der Waals surface area contributed by atoms with Gasteiger partial charge in [0.05, 0.1) is 6.07 Å². The van der Waals surface area contributed by atoms with Gasteiger partial charge in [0.25, 0.3) is 0 Å². The van der Waals surface area contributed by atoms with Gasteiger partial charge in [0.15, 0.2) is 0 Å². The maximum Gasteiger partial charge on any atom is 0.319 e. The summed E-state index contributed by atoms with van der Waals surface area (Å²) in [6.45, 7) is 2.67. The van der Waals surface area contributed by atoms with Gasteiger partial charge < -0.3 is 9.80 Å². The lowest BCUT2D eigenvalue weighted by Gasteiger charge is -2.37. The summed E-state index contributed by atoms with van der Waals surface area (Å²) in [5.74, 6) is 0. The molecular formula is C15H19ClN4O. The maximum absolute atomic E-state index is 11.9. The predicted molar refractivity (Wildman–Crippen MR) is 82.0 cm³/mol. The van der Waals surface area contributed by atoms with E-state index in [0.717, 1.165) is 5.56 Å². The maximum atomic E-state index is 11.9. The van der Waals surface area contributed by atoms with Crippen molar-refractivity contribution in [2.75, 3.05) is 40.3 Å². The number of carbonyl (C=O) groups is 1. The van der Waals surface area contributed by atoms with E-state index in [1.165, 1.54) is 0 Å². The fraction of sp³-hybridized carbons (Fsp3) is 0.467. The molecule has 0 saturated carbocycles. The molecule has 2 rings (SSSR count). The number of benzene rings is 1. The number of amides is 2. The van der Waals surface area contributed by atoms with E-state index in [4.69, 9.17) is 11.6 Å². The Morgan fingerprint density at radius 2 is 1.81 bits per heavy atom. The van der Waals surface area contributed by atoms with Crippen LogP contribution in [0.15, 0.2) is 24.3 Å². The second kappa shape index (κ2) is 6.79. The van der Waals surface area contributed by atoms with Crippen molar-refractivity contribution >= 4 is 17.6 Å². The SMILES string of the molecule is CN(C)C(=O)N1CCN(C(C#N)c2ccc(Cl)cc2)CC1. The van der Waals surface area contributed by atoms with E-state index >= 15 is 0 Å². The fourth-order valence-electron chi connectivity index (χ4n) is 2.47. The fourth-order valence-corrected chi connectivity index (χ4v) is 2.59. The average Bonchev–Trinajstić information content (AvgIpc) is 2.50. The summed E-state index contributed by atoms with van der Waals surface area (Å²) in [5, 5.41) is 10.1. The van der Waals surface area contributed by atoms with Crippen molar-refractivity contribution in [2.45, 2.75) is 6.04 Å². The van der Waals surface area contributed by atoms with Gasteiger partial charge in [-0.3, -0.25) is 4.90 Å². The zero-order valence-corrected chi connectivity index (χ0v) is 13.0. The lowest BCUT2D eigenvalue weighted by atomic mass is 10.1. The quantitative estimate of drug-likeness (QED) is 0.841. The Morgan fingerprint density at radius 1 is 1.24 bits per heavy atom. The first-order chi connectivity index (χ1) is 10.0. The molecule has 0 N–H and O–H groups in total. The van der Waals surface area contributed by atoms with Crippen LogP contribution in [0.3, 0.4) is 0 Å². The Kier molecular flexibility index (Phi) is 5.05. The number of nitrogens with zero attached hydrogens (tertiary/aromatic N) is 4. The van der Waals surface area contributed by atoms with Crippen LogP contribution in [0.2, 0.25) is 5.02 Å². The van der Waals surface area contributed by atoms with Crippen LogP contribution < -0.4 is 0 Å². The molecule has 1 saturated heterocycles. The molecular weight excluding hydrogens is 288 g/mol. The number of rotatable bonds is 2. The molecule has 1 aliphatic heterocycles. The molecule has 21 heavy (non-hydrogen) atoms. The highest BCUT2D eigenvalue weighted by Crippen LogP contribution is 2.23. The number of hydrogen-bond donors (Lipinski definition) is 0. The van der Waals surface area contributed by atoms with Gasteiger partial charge >= 0.3 is 6.03 Å². The van der Waals surface area contributed by atoms with Gasteiger partial charge in [-0.05, 0) is 17.7 Å². The lowest BCUT2D eigenvalue weighted by molar-refractivity contribution is 0.111. The summed E-state index contributed by atoms with van der Waals surface area (Å²) in [4.78, 5) is 17.4. The van der Waals surface area contributed by atoms with Crippen LogP contribution in [0.25, 0.3) is 0 Å². The third-order valence-corrected chi connectivity index (χ3v) is 3.89. The van der Waals surface area contributed by atoms with Gasteiger partial charge in [-0.15, -0.1) is 0 Å². The molecule has 1 aliphatic rings. The number of hydrogen-bond acceptors (Lipinski definition) is 3. The summed E-state index contributed by atoms with van der Waals surface area (Å²) >= 11 is 5.88. The van der Waals surface area contributed by atoms with Crippen LogP contribution in [0.1, 0.15) is 11.6 Å². The van der Waals surface area contributed by atoms with E-state index in [0.29, 0.717) is 31.2 Å². The molecule has 1 heterocycles. The Balaban J connectivity index is 2.01. The Morgan fingerprint density at radius 3 is 2.29 bits per heavy atom. The molecule has 6 heteroatoms. The zero-order chi connectivity index (χ0) is 15.4. The molecule has 2 amide bonds. The molecule has 0 aromatic heterocycles. The van der Waals surface area contributed by atoms with Crippen LogP contribution in [-0.2, 0) is 0 Å². The van der Waals surface area contributed by atoms with Crippen molar-refractivity contribution in [2.24, 2.45) is 0 Å². The van der Waals surface area contributed by atoms with Crippen LogP contribution >= 0.6 is 11.6 Å². The van der Waals surface area contributed by atoms with Gasteiger partial charge in [0.1, 0.15) is 6.04 Å². The Labute approximate surface area is 130 Å². The van der Waals surface area contributed by atoms with Gasteiger partial charge in [0, 0.05) is 45.3 Å². The molecule has 5 nitrogen and oxygen atoms in total. The van der Waals surface area contributed by atoms with E-state index in [1.807, 2.05) is 17.0 Å². The van der Waals surface area contributed by atoms with Gasteiger partial charge in [0.2, 0.25) is 0 Å². The summed E-state index contributed by atoms with van der Waals surface area (Å²) in [6, 6.07) is 9.44. The zero-order valence-electron chi connectivity index (χ0n) is 12.3. The molecule has 112 valence electrons. The Bertz CT molecular complexity index is 530. The highest BCUT2D eigenvalue weighted by molar-refractivity contribution is 6.30. The molecule has 0 spiro atoms. The smallest absolute Gasteiger partial charge is 0.319 e. The largest absolute Gasteiger partial charge is 0.331 e. The van der Waals surface area contributed by atoms with Crippen LogP contribution in [0.4, 0.5) is 4.79 Å². The average molecular weight is 307 g/mol. The molecule has 1 atom stereocenters. The van der Waals surface area contributed by atoms with Crippen molar-refractivity contribution in [1.82, 2.24) is 14.7 Å². The topological polar surface area (TPSA) is 50.6 Å². The summed E-state index contributed by atoms with van der Waals surface area (Å²) in [5.41, 5.74) is 0.939. The predicted octanol–water partition coefficient (Wildman–Crippen LogP) is 2.20. The minimum atomic E-state index is -0.293. The number of nitriles is 1. The molecule has 1 aromatic rings. The number of urea groups is 1. The second-order valence-corrected chi connectivity index (χ2v) is 5.72. The number of carbonyl (C=O) groups excluding carboxylic acids is 1. The summed E-state index contributed by atoms with van der Waals surface area (Å²) in [7, 11) is 3.50. The summed E-state index contributed by atoms with van der Waals surface area (Å²) in [6.07, 6.45) is 0. The first kappa shape index (κ1) is 15.6. The van der Waals surface area contributed by atoms with Crippen molar-refractivity contribution in [1.29, 1.82) is 5.26 Å². The lowest BCUT2D eigenvalue weighted by Crippen LogP contribution is -2.52. The van der Waals surface area contributed by atoms with Crippen molar-refractivity contribution in [3.63, 3.8) is 0 Å². The van der Waals surface area contributed by atoms with Crippen LogP contribution in [0.5, 0.6) is 0 Å². The van der Waals surface area contributed by atoms with E-state index in [1.54, 1.807) is 31.1 Å². The Hall–Kier alpha value is -1.77. The normalized spacial score (nSPS) is 17.1. The van der Waals surface area contributed by atoms with Crippen molar-refractivity contribution in [3.05, 3.63) is 34.9 Å². The van der Waals surface area contributed by atoms with Gasteiger partial charge in [-0.25, -0.2) is 4.79 Å². The minimum absolute atomic E-state index is 0.0228.